The molecule has 24 heavy (non-hydrogen) atoms. The average Bonchev–Trinajstić information content (AvgIpc) is 2.62. The number of amides is 2. The Bertz CT molecular complexity index is 753. The minimum atomic E-state index is -0.278. The van der Waals surface area contributed by atoms with Crippen LogP contribution >= 0.6 is 11.6 Å². The first-order chi connectivity index (χ1) is 11.6. The molecule has 0 aliphatic carbocycles. The number of carbonyl (C=O) groups excluding carboxylic acids is 2. The predicted octanol–water partition coefficient (Wildman–Crippen LogP) is 3.34. The minimum Gasteiger partial charge on any atom is -0.369 e. The predicted molar refractivity (Wildman–Crippen MR) is 94.7 cm³/mol. The Morgan fingerprint density at radius 2 is 1.71 bits per heavy atom. The third kappa shape index (κ3) is 3.44. The second kappa shape index (κ2) is 7.05. The molecule has 1 aliphatic rings. The van der Waals surface area contributed by atoms with Crippen molar-refractivity contribution in [2.24, 2.45) is 11.7 Å². The molecule has 2 N–H and O–H groups in total. The summed E-state index contributed by atoms with van der Waals surface area (Å²) in [6, 6.07) is 15.1. The molecule has 1 aliphatic heterocycles. The number of likely N-dealkylation sites (tertiary alicyclic amines) is 1. The number of benzene rings is 2. The monoisotopic (exact) mass is 342 g/mol. The van der Waals surface area contributed by atoms with Crippen LogP contribution in [0.3, 0.4) is 0 Å². The van der Waals surface area contributed by atoms with Crippen molar-refractivity contribution in [3.05, 3.63) is 59.1 Å². The van der Waals surface area contributed by atoms with Gasteiger partial charge in [-0.05, 0) is 36.6 Å². The first-order valence-corrected chi connectivity index (χ1v) is 8.37. The van der Waals surface area contributed by atoms with E-state index < -0.39 is 0 Å². The molecule has 0 saturated carbocycles. The molecule has 124 valence electrons. The minimum absolute atomic E-state index is 0.0354. The number of carbonyl (C=O) groups is 2. The molecule has 4 nitrogen and oxygen atoms in total. The molecule has 1 heterocycles. The maximum absolute atomic E-state index is 12.7. The van der Waals surface area contributed by atoms with E-state index >= 15 is 0 Å². The average molecular weight is 343 g/mol. The molecule has 3 rings (SSSR count). The third-order valence-electron chi connectivity index (χ3n) is 4.48. The van der Waals surface area contributed by atoms with Crippen molar-refractivity contribution in [2.45, 2.75) is 12.8 Å². The molecule has 1 saturated heterocycles. The lowest BCUT2D eigenvalue weighted by molar-refractivity contribution is -0.123. The van der Waals surface area contributed by atoms with Gasteiger partial charge in [0.1, 0.15) is 0 Å². The fraction of sp³-hybridized carbons (Fsp3) is 0.263. The Morgan fingerprint density at radius 1 is 1.04 bits per heavy atom. The largest absolute Gasteiger partial charge is 0.369 e. The smallest absolute Gasteiger partial charge is 0.253 e. The van der Waals surface area contributed by atoms with Crippen molar-refractivity contribution in [3.8, 4) is 11.1 Å². The fourth-order valence-electron chi connectivity index (χ4n) is 3.05. The standard InChI is InChI=1S/C19H19ClN2O2/c20-17-7-6-15(12-16(17)13-4-2-1-3-5-13)19(24)22-10-8-14(9-11-22)18(21)23/h1-7,12,14H,8-11H2,(H2,21,23). The Kier molecular flexibility index (Phi) is 4.86. The summed E-state index contributed by atoms with van der Waals surface area (Å²) in [7, 11) is 0. The molecule has 5 heteroatoms. The second-order valence-electron chi connectivity index (χ2n) is 6.03. The van der Waals surface area contributed by atoms with E-state index in [4.69, 9.17) is 17.3 Å². The molecule has 0 radical (unpaired) electrons. The maximum Gasteiger partial charge on any atom is 0.253 e. The van der Waals surface area contributed by atoms with E-state index in [2.05, 4.69) is 0 Å². The molecular formula is C19H19ClN2O2. The zero-order chi connectivity index (χ0) is 17.1. The summed E-state index contributed by atoms with van der Waals surface area (Å²) in [5, 5.41) is 0.616. The number of halogens is 1. The van der Waals surface area contributed by atoms with Crippen molar-refractivity contribution in [1.82, 2.24) is 4.90 Å². The number of hydrogen-bond donors (Lipinski definition) is 1. The molecule has 0 unspecified atom stereocenters. The van der Waals surface area contributed by atoms with Crippen molar-refractivity contribution >= 4 is 23.4 Å². The number of hydrogen-bond acceptors (Lipinski definition) is 2. The molecule has 0 spiro atoms. The molecular weight excluding hydrogens is 324 g/mol. The molecule has 0 atom stereocenters. The van der Waals surface area contributed by atoms with Gasteiger partial charge in [0.15, 0.2) is 0 Å². The summed E-state index contributed by atoms with van der Waals surface area (Å²) in [6.45, 7) is 1.10. The summed E-state index contributed by atoms with van der Waals surface area (Å²) in [6.07, 6.45) is 1.25. The van der Waals surface area contributed by atoms with Gasteiger partial charge < -0.3 is 10.6 Å². The first kappa shape index (κ1) is 16.5. The normalized spacial score (nSPS) is 15.3. The number of rotatable bonds is 3. The number of piperidine rings is 1. The van der Waals surface area contributed by atoms with Crippen LogP contribution in [0.1, 0.15) is 23.2 Å². The maximum atomic E-state index is 12.7. The first-order valence-electron chi connectivity index (χ1n) is 8.00. The lowest BCUT2D eigenvalue weighted by Gasteiger charge is -2.30. The van der Waals surface area contributed by atoms with Crippen LogP contribution in [0.2, 0.25) is 5.02 Å². The third-order valence-corrected chi connectivity index (χ3v) is 4.81. The van der Waals surface area contributed by atoms with Gasteiger partial charge in [0.2, 0.25) is 5.91 Å². The topological polar surface area (TPSA) is 63.4 Å². The highest BCUT2D eigenvalue weighted by atomic mass is 35.5. The van der Waals surface area contributed by atoms with Crippen LogP contribution in [0.25, 0.3) is 11.1 Å². The second-order valence-corrected chi connectivity index (χ2v) is 6.44. The van der Waals surface area contributed by atoms with E-state index in [1.165, 1.54) is 0 Å². The van der Waals surface area contributed by atoms with Gasteiger partial charge in [0.05, 0.1) is 0 Å². The van der Waals surface area contributed by atoms with Crippen molar-refractivity contribution in [3.63, 3.8) is 0 Å². The number of nitrogens with zero attached hydrogens (tertiary/aromatic N) is 1. The summed E-state index contributed by atoms with van der Waals surface area (Å²) in [5.74, 6) is -0.439. The van der Waals surface area contributed by atoms with Crippen LogP contribution in [-0.4, -0.2) is 29.8 Å². The number of nitrogens with two attached hydrogens (primary N) is 1. The Labute approximate surface area is 146 Å². The van der Waals surface area contributed by atoms with Crippen LogP contribution < -0.4 is 5.73 Å². The Balaban J connectivity index is 1.80. The zero-order valence-corrected chi connectivity index (χ0v) is 14.0. The summed E-state index contributed by atoms with van der Waals surface area (Å²) in [5.41, 5.74) is 7.77. The molecule has 0 bridgehead atoms. The summed E-state index contributed by atoms with van der Waals surface area (Å²) >= 11 is 6.30. The van der Waals surface area contributed by atoms with E-state index in [9.17, 15) is 9.59 Å². The van der Waals surface area contributed by atoms with Crippen LogP contribution in [0, 0.1) is 5.92 Å². The zero-order valence-electron chi connectivity index (χ0n) is 13.2. The van der Waals surface area contributed by atoms with E-state index in [-0.39, 0.29) is 17.7 Å². The van der Waals surface area contributed by atoms with Crippen molar-refractivity contribution in [1.29, 1.82) is 0 Å². The van der Waals surface area contributed by atoms with Gasteiger partial charge in [0, 0.05) is 35.2 Å². The highest BCUT2D eigenvalue weighted by Gasteiger charge is 2.26. The SMILES string of the molecule is NC(=O)C1CCN(C(=O)c2ccc(Cl)c(-c3ccccc3)c2)CC1. The quantitative estimate of drug-likeness (QED) is 0.929. The van der Waals surface area contributed by atoms with Crippen LogP contribution in [-0.2, 0) is 4.79 Å². The van der Waals surface area contributed by atoms with Gasteiger partial charge >= 0.3 is 0 Å². The Morgan fingerprint density at radius 3 is 2.33 bits per heavy atom. The molecule has 2 amide bonds. The van der Waals surface area contributed by atoms with Crippen LogP contribution in [0.5, 0.6) is 0 Å². The van der Waals surface area contributed by atoms with Crippen LogP contribution in [0.15, 0.2) is 48.5 Å². The van der Waals surface area contributed by atoms with E-state index in [1.54, 1.807) is 17.0 Å². The lowest BCUT2D eigenvalue weighted by atomic mass is 9.95. The molecule has 2 aromatic carbocycles. The highest BCUT2D eigenvalue weighted by Crippen LogP contribution is 2.29. The fourth-order valence-corrected chi connectivity index (χ4v) is 3.27. The van der Waals surface area contributed by atoms with E-state index in [1.807, 2.05) is 36.4 Å². The van der Waals surface area contributed by atoms with Gasteiger partial charge in [-0.2, -0.15) is 0 Å². The van der Waals surface area contributed by atoms with E-state index in [0.717, 1.165) is 11.1 Å². The number of primary amides is 1. The summed E-state index contributed by atoms with van der Waals surface area (Å²) in [4.78, 5) is 25.8. The summed E-state index contributed by atoms with van der Waals surface area (Å²) < 4.78 is 0. The van der Waals surface area contributed by atoms with E-state index in [0.29, 0.717) is 36.5 Å². The molecule has 0 aromatic heterocycles. The van der Waals surface area contributed by atoms with Crippen LogP contribution in [0.4, 0.5) is 0 Å². The Hall–Kier alpha value is -2.33. The van der Waals surface area contributed by atoms with Gasteiger partial charge in [-0.15, -0.1) is 0 Å². The highest BCUT2D eigenvalue weighted by molar-refractivity contribution is 6.33. The lowest BCUT2D eigenvalue weighted by Crippen LogP contribution is -2.41. The van der Waals surface area contributed by atoms with Crippen molar-refractivity contribution < 1.29 is 9.59 Å². The van der Waals surface area contributed by atoms with Gasteiger partial charge in [-0.25, -0.2) is 0 Å². The van der Waals surface area contributed by atoms with Gasteiger partial charge in [0.25, 0.3) is 5.91 Å². The molecule has 1 fully saturated rings. The van der Waals surface area contributed by atoms with Crippen molar-refractivity contribution in [2.75, 3.05) is 13.1 Å². The van der Waals surface area contributed by atoms with Gasteiger partial charge in [-0.3, -0.25) is 9.59 Å². The van der Waals surface area contributed by atoms with Gasteiger partial charge in [-0.1, -0.05) is 41.9 Å². The molecule has 2 aromatic rings.